The molecule has 7 atom stereocenters. The molecule has 1 heterocycles. The van der Waals surface area contributed by atoms with Crippen molar-refractivity contribution in [1.82, 2.24) is 4.90 Å². The van der Waals surface area contributed by atoms with Gasteiger partial charge in [0.05, 0.1) is 6.42 Å². The Hall–Kier alpha value is -0.900. The third-order valence-electron chi connectivity index (χ3n) is 10.7. The second-order valence-electron chi connectivity index (χ2n) is 12.2. The number of fused-ring (bicyclic) bond motifs is 5. The van der Waals surface area contributed by atoms with Crippen molar-refractivity contribution in [2.24, 2.45) is 34.5 Å². The van der Waals surface area contributed by atoms with Crippen molar-refractivity contribution in [2.75, 3.05) is 19.6 Å². The number of likely N-dealkylation sites (tertiary alicyclic amines) is 1. The first kappa shape index (κ1) is 21.9. The Morgan fingerprint density at radius 3 is 2.55 bits per heavy atom. The summed E-state index contributed by atoms with van der Waals surface area (Å²) in [4.78, 5) is 27.3. The van der Waals surface area contributed by atoms with E-state index in [-0.39, 0.29) is 17.5 Å². The van der Waals surface area contributed by atoms with Crippen LogP contribution in [0.25, 0.3) is 0 Å². The molecule has 5 aliphatic rings. The van der Waals surface area contributed by atoms with Crippen LogP contribution in [0.5, 0.6) is 0 Å². The third-order valence-corrected chi connectivity index (χ3v) is 10.7. The van der Waals surface area contributed by atoms with Crippen LogP contribution < -0.4 is 0 Å². The molecule has 0 amide bonds. The highest BCUT2D eigenvalue weighted by Crippen LogP contribution is 2.66. The molecule has 0 spiro atoms. The van der Waals surface area contributed by atoms with Gasteiger partial charge in [0.2, 0.25) is 0 Å². The van der Waals surface area contributed by atoms with E-state index >= 15 is 0 Å². The lowest BCUT2D eigenvalue weighted by Crippen LogP contribution is -2.54. The lowest BCUT2D eigenvalue weighted by Gasteiger charge is -2.60. The maximum Gasteiger partial charge on any atom is 0.307 e. The Morgan fingerprint density at radius 1 is 0.968 bits per heavy atom. The third kappa shape index (κ3) is 3.89. The molecular formula is C27H43NO3. The van der Waals surface area contributed by atoms with Gasteiger partial charge < -0.3 is 9.64 Å². The quantitative estimate of drug-likeness (QED) is 0.563. The summed E-state index contributed by atoms with van der Waals surface area (Å²) in [6.07, 6.45) is 14.5. The van der Waals surface area contributed by atoms with E-state index in [2.05, 4.69) is 18.7 Å². The molecule has 5 rings (SSSR count). The molecule has 0 unspecified atom stereocenters. The molecule has 0 aromatic carbocycles. The minimum absolute atomic E-state index is 0.0287. The zero-order valence-corrected chi connectivity index (χ0v) is 19.9. The molecule has 4 saturated carbocycles. The molecule has 0 radical (unpaired) electrons. The van der Waals surface area contributed by atoms with Crippen molar-refractivity contribution in [3.8, 4) is 0 Å². The number of ether oxygens (including phenoxy) is 1. The van der Waals surface area contributed by atoms with Crippen molar-refractivity contribution < 1.29 is 14.3 Å². The van der Waals surface area contributed by atoms with E-state index in [1.54, 1.807) is 0 Å². The Bertz CT molecular complexity index is 701. The maximum absolute atomic E-state index is 12.7. The van der Waals surface area contributed by atoms with Crippen LogP contribution in [0.2, 0.25) is 0 Å². The normalized spacial score (nSPS) is 45.5. The number of ketones is 1. The SMILES string of the molecule is C[C@@]12CCC(=O)C[C@H]1CC[C@H]1[C@H]2CC[C@]2(C)[C@H](OC(=O)CCN3CCCCC3)CC[C@@H]12. The average Bonchev–Trinajstić information content (AvgIpc) is 3.10. The topological polar surface area (TPSA) is 46.6 Å². The first-order valence-corrected chi connectivity index (χ1v) is 13.3. The van der Waals surface area contributed by atoms with Gasteiger partial charge in [0.15, 0.2) is 0 Å². The minimum Gasteiger partial charge on any atom is -0.462 e. The van der Waals surface area contributed by atoms with Crippen molar-refractivity contribution >= 4 is 11.8 Å². The van der Waals surface area contributed by atoms with Crippen LogP contribution in [0.4, 0.5) is 0 Å². The second kappa shape index (κ2) is 8.47. The molecule has 0 aromatic heterocycles. The molecule has 5 fully saturated rings. The summed E-state index contributed by atoms with van der Waals surface area (Å²) in [7, 11) is 0. The van der Waals surface area contributed by atoms with Gasteiger partial charge in [-0.25, -0.2) is 0 Å². The highest BCUT2D eigenvalue weighted by molar-refractivity contribution is 5.79. The lowest BCUT2D eigenvalue weighted by molar-refractivity contribution is -0.164. The van der Waals surface area contributed by atoms with Gasteiger partial charge >= 0.3 is 5.97 Å². The van der Waals surface area contributed by atoms with Crippen molar-refractivity contribution in [3.05, 3.63) is 0 Å². The summed E-state index contributed by atoms with van der Waals surface area (Å²) in [5, 5.41) is 0. The van der Waals surface area contributed by atoms with E-state index in [0.29, 0.717) is 29.5 Å². The van der Waals surface area contributed by atoms with Gasteiger partial charge in [0.25, 0.3) is 0 Å². The van der Waals surface area contributed by atoms with Crippen molar-refractivity contribution in [3.63, 3.8) is 0 Å². The zero-order chi connectivity index (χ0) is 21.6. The molecule has 0 N–H and O–H groups in total. The van der Waals surface area contributed by atoms with Crippen LogP contribution in [-0.2, 0) is 14.3 Å². The van der Waals surface area contributed by atoms with Crippen molar-refractivity contribution in [1.29, 1.82) is 0 Å². The fraction of sp³-hybridized carbons (Fsp3) is 0.926. The van der Waals surface area contributed by atoms with E-state index in [4.69, 9.17) is 4.74 Å². The van der Waals surface area contributed by atoms with Gasteiger partial charge in [-0.2, -0.15) is 0 Å². The Kier molecular flexibility index (Phi) is 5.99. The van der Waals surface area contributed by atoms with E-state index in [9.17, 15) is 9.59 Å². The molecule has 31 heavy (non-hydrogen) atoms. The van der Waals surface area contributed by atoms with Crippen LogP contribution in [0, 0.1) is 34.5 Å². The fourth-order valence-electron chi connectivity index (χ4n) is 8.84. The van der Waals surface area contributed by atoms with Gasteiger partial charge in [0.1, 0.15) is 11.9 Å². The largest absolute Gasteiger partial charge is 0.462 e. The monoisotopic (exact) mass is 429 g/mol. The van der Waals surface area contributed by atoms with Gasteiger partial charge in [0, 0.05) is 24.8 Å². The standard InChI is InChI=1S/C27H43NO3/c1-26-13-10-20(29)18-19(26)6-7-21-22-8-9-24(27(22,2)14-11-23(21)26)31-25(30)12-17-28-15-4-3-5-16-28/h19,21-24H,3-18H2,1-2H3/t19-,21-,22+,23-,24-,26-,27+/m1/s1. The molecule has 1 saturated heterocycles. The summed E-state index contributed by atoms with van der Waals surface area (Å²) >= 11 is 0. The first-order chi connectivity index (χ1) is 14.9. The summed E-state index contributed by atoms with van der Waals surface area (Å²) < 4.78 is 6.19. The van der Waals surface area contributed by atoms with Crippen LogP contribution in [0.3, 0.4) is 0 Å². The van der Waals surface area contributed by atoms with Crippen LogP contribution >= 0.6 is 0 Å². The number of carbonyl (C=O) groups excluding carboxylic acids is 2. The molecule has 174 valence electrons. The molecule has 4 aliphatic carbocycles. The molecule has 0 bridgehead atoms. The Labute approximate surface area is 188 Å². The number of piperidine rings is 1. The van der Waals surface area contributed by atoms with E-state index in [1.807, 2.05) is 0 Å². The molecule has 0 aromatic rings. The molecule has 4 heteroatoms. The Balaban J connectivity index is 1.22. The van der Waals surface area contributed by atoms with E-state index in [1.165, 1.54) is 51.4 Å². The van der Waals surface area contributed by atoms with E-state index in [0.717, 1.165) is 57.2 Å². The second-order valence-corrected chi connectivity index (χ2v) is 12.2. The zero-order valence-electron chi connectivity index (χ0n) is 19.9. The Morgan fingerprint density at radius 2 is 1.74 bits per heavy atom. The highest BCUT2D eigenvalue weighted by atomic mass is 16.5. The van der Waals surface area contributed by atoms with E-state index < -0.39 is 0 Å². The number of hydrogen-bond donors (Lipinski definition) is 0. The summed E-state index contributed by atoms with van der Waals surface area (Å²) in [5.74, 6) is 3.38. The predicted molar refractivity (Wildman–Crippen MR) is 122 cm³/mol. The average molecular weight is 430 g/mol. The highest BCUT2D eigenvalue weighted by Gasteiger charge is 2.61. The summed E-state index contributed by atoms with van der Waals surface area (Å²) in [5.41, 5.74) is 0.525. The number of esters is 1. The fourth-order valence-corrected chi connectivity index (χ4v) is 8.84. The number of Topliss-reactive ketones (excluding diaryl/α,β-unsaturated/α-hetero) is 1. The maximum atomic E-state index is 12.7. The molecule has 1 aliphatic heterocycles. The predicted octanol–water partition coefficient (Wildman–Crippen LogP) is 5.39. The van der Waals surface area contributed by atoms with Crippen LogP contribution in [0.1, 0.15) is 97.3 Å². The van der Waals surface area contributed by atoms with Crippen LogP contribution in [-0.4, -0.2) is 42.4 Å². The molecular weight excluding hydrogens is 386 g/mol. The van der Waals surface area contributed by atoms with Gasteiger partial charge in [-0.1, -0.05) is 20.3 Å². The molecule has 4 nitrogen and oxygen atoms in total. The van der Waals surface area contributed by atoms with Gasteiger partial charge in [-0.05, 0) is 100.0 Å². The number of hydrogen-bond acceptors (Lipinski definition) is 4. The minimum atomic E-state index is 0.0287. The van der Waals surface area contributed by atoms with Gasteiger partial charge in [-0.15, -0.1) is 0 Å². The first-order valence-electron chi connectivity index (χ1n) is 13.3. The van der Waals surface area contributed by atoms with Crippen molar-refractivity contribution in [2.45, 2.75) is 103 Å². The lowest BCUT2D eigenvalue weighted by atomic mass is 9.45. The van der Waals surface area contributed by atoms with Gasteiger partial charge in [-0.3, -0.25) is 9.59 Å². The smallest absolute Gasteiger partial charge is 0.307 e. The summed E-state index contributed by atoms with van der Waals surface area (Å²) in [6.45, 7) is 8.10. The number of rotatable bonds is 4. The summed E-state index contributed by atoms with van der Waals surface area (Å²) in [6, 6.07) is 0. The number of nitrogens with zero attached hydrogens (tertiary/aromatic N) is 1. The van der Waals surface area contributed by atoms with Crippen LogP contribution in [0.15, 0.2) is 0 Å². The number of carbonyl (C=O) groups is 2.